The molecule has 1 N–H and O–H groups in total. The fraction of sp³-hybridized carbons (Fsp3) is 0.667. The highest BCUT2D eigenvalue weighted by Gasteiger charge is 1.98. The van der Waals surface area contributed by atoms with E-state index in [0.717, 1.165) is 5.75 Å². The minimum absolute atomic E-state index is 1.10. The molecule has 0 heterocycles. The van der Waals surface area contributed by atoms with Gasteiger partial charge in [-0.2, -0.15) is 0 Å². The van der Waals surface area contributed by atoms with Crippen LogP contribution in [0.1, 0.15) is 6.92 Å². The van der Waals surface area contributed by atoms with Gasteiger partial charge in [-0.15, -0.1) is 0 Å². The van der Waals surface area contributed by atoms with Crippen LogP contribution in [-0.4, -0.2) is 15.5 Å². The summed E-state index contributed by atoms with van der Waals surface area (Å²) in [6.07, 6.45) is 0. The molecule has 43 valence electrons. The molecule has 4 heteroatoms. The molecule has 0 saturated carbocycles. The van der Waals surface area contributed by atoms with Crippen molar-refractivity contribution < 1.29 is 8.42 Å². The van der Waals surface area contributed by atoms with Crippen LogP contribution in [-0.2, 0) is 10.0 Å². The number of nitrogens with one attached hydrogen (secondary N) is 1. The van der Waals surface area contributed by atoms with Gasteiger partial charge in [-0.3, -0.25) is 0 Å². The highest BCUT2D eigenvalue weighted by Crippen LogP contribution is 1.83. The first-order valence-corrected chi connectivity index (χ1v) is 3.40. The monoisotopic (exact) mass is 122 g/mol. The molecule has 0 aliphatic heterocycles. The molecule has 0 spiro atoms. The van der Waals surface area contributed by atoms with Crippen LogP contribution in [0.2, 0.25) is 0 Å². The number of sulfonamides is 1. The van der Waals surface area contributed by atoms with Gasteiger partial charge >= 0.3 is 0 Å². The summed E-state index contributed by atoms with van der Waals surface area (Å²) < 4.78 is 22.5. The van der Waals surface area contributed by atoms with Gasteiger partial charge in [-0.25, -0.2) is 13.1 Å². The van der Waals surface area contributed by atoms with E-state index in [0.29, 0.717) is 0 Å². The SMILES string of the molecule is C[CH]S(=O)(=O)NC. The minimum atomic E-state index is -3.03. The fourth-order valence-electron chi connectivity index (χ4n) is 0.118. The van der Waals surface area contributed by atoms with Crippen molar-refractivity contribution in [3.8, 4) is 0 Å². The van der Waals surface area contributed by atoms with E-state index in [2.05, 4.69) is 4.72 Å². The Kier molecular flexibility index (Phi) is 2.25. The van der Waals surface area contributed by atoms with Gasteiger partial charge in [0, 0.05) is 0 Å². The van der Waals surface area contributed by atoms with E-state index in [1.165, 1.54) is 14.0 Å². The van der Waals surface area contributed by atoms with Crippen LogP contribution in [0, 0.1) is 5.75 Å². The third kappa shape index (κ3) is 2.59. The van der Waals surface area contributed by atoms with Gasteiger partial charge in [0.1, 0.15) is 0 Å². The maximum absolute atomic E-state index is 10.2. The molecular weight excluding hydrogens is 114 g/mol. The molecule has 0 rings (SSSR count). The standard InChI is InChI=1S/C3H8NO2S/c1-3-7(5,6)4-2/h3-4H,1-2H3. The maximum atomic E-state index is 10.2. The predicted octanol–water partition coefficient (Wildman–Crippen LogP) is -0.283. The van der Waals surface area contributed by atoms with Crippen molar-refractivity contribution >= 4 is 10.0 Å². The Morgan fingerprint density at radius 2 is 2.00 bits per heavy atom. The van der Waals surface area contributed by atoms with E-state index in [9.17, 15) is 8.42 Å². The van der Waals surface area contributed by atoms with E-state index >= 15 is 0 Å². The molecule has 0 fully saturated rings. The van der Waals surface area contributed by atoms with Gasteiger partial charge in [-0.1, -0.05) is 0 Å². The molecule has 0 aliphatic carbocycles. The van der Waals surface area contributed by atoms with Crippen LogP contribution in [0.3, 0.4) is 0 Å². The minimum Gasteiger partial charge on any atom is -0.218 e. The van der Waals surface area contributed by atoms with Crippen molar-refractivity contribution in [2.75, 3.05) is 7.05 Å². The van der Waals surface area contributed by atoms with Gasteiger partial charge in [-0.05, 0) is 14.0 Å². The highest BCUT2D eigenvalue weighted by atomic mass is 32.2. The molecule has 1 radical (unpaired) electrons. The van der Waals surface area contributed by atoms with Crippen LogP contribution in [0.5, 0.6) is 0 Å². The normalized spacial score (nSPS) is 11.7. The topological polar surface area (TPSA) is 46.2 Å². The largest absolute Gasteiger partial charge is 0.218 e. The van der Waals surface area contributed by atoms with Gasteiger partial charge < -0.3 is 0 Å². The van der Waals surface area contributed by atoms with Crippen molar-refractivity contribution in [1.29, 1.82) is 0 Å². The van der Waals surface area contributed by atoms with Crippen LogP contribution < -0.4 is 4.72 Å². The smallest absolute Gasteiger partial charge is 0.215 e. The zero-order chi connectivity index (χ0) is 5.91. The average Bonchev–Trinajstić information content (AvgIpc) is 1.68. The lowest BCUT2D eigenvalue weighted by molar-refractivity contribution is 0.594. The third-order valence-corrected chi connectivity index (χ3v) is 1.78. The second-order valence-corrected chi connectivity index (χ2v) is 2.95. The summed E-state index contributed by atoms with van der Waals surface area (Å²) >= 11 is 0. The van der Waals surface area contributed by atoms with Crippen LogP contribution in [0.15, 0.2) is 0 Å². The fourth-order valence-corrected chi connectivity index (χ4v) is 0.354. The van der Waals surface area contributed by atoms with Crippen LogP contribution in [0.4, 0.5) is 0 Å². The summed E-state index contributed by atoms with van der Waals surface area (Å²) in [6, 6.07) is 0. The first-order chi connectivity index (χ1) is 3.12. The first kappa shape index (κ1) is 6.91. The van der Waals surface area contributed by atoms with Crippen molar-refractivity contribution in [2.45, 2.75) is 6.92 Å². The Balaban J connectivity index is 3.89. The van der Waals surface area contributed by atoms with E-state index in [1.807, 2.05) is 0 Å². The zero-order valence-electron chi connectivity index (χ0n) is 4.30. The molecule has 0 saturated heterocycles. The lowest BCUT2D eigenvalue weighted by atomic mass is 11.0. The molecular formula is C3H8NO2S. The Bertz CT molecular complexity index is 116. The Hall–Kier alpha value is -0.0900. The average molecular weight is 122 g/mol. The Morgan fingerprint density at radius 1 is 1.57 bits per heavy atom. The van der Waals surface area contributed by atoms with Crippen molar-refractivity contribution in [3.63, 3.8) is 0 Å². The summed E-state index contributed by atoms with van der Waals surface area (Å²) in [4.78, 5) is 0. The van der Waals surface area contributed by atoms with E-state index in [-0.39, 0.29) is 0 Å². The molecule has 0 aromatic carbocycles. The molecule has 0 unspecified atom stereocenters. The van der Waals surface area contributed by atoms with Gasteiger partial charge in [0.25, 0.3) is 0 Å². The van der Waals surface area contributed by atoms with E-state index in [4.69, 9.17) is 0 Å². The van der Waals surface area contributed by atoms with Gasteiger partial charge in [0.2, 0.25) is 10.0 Å². The lowest BCUT2D eigenvalue weighted by Gasteiger charge is -1.91. The predicted molar refractivity (Wildman–Crippen MR) is 28.0 cm³/mol. The van der Waals surface area contributed by atoms with Crippen molar-refractivity contribution in [3.05, 3.63) is 5.75 Å². The zero-order valence-corrected chi connectivity index (χ0v) is 5.12. The first-order valence-electron chi connectivity index (χ1n) is 1.85. The summed E-state index contributed by atoms with van der Waals surface area (Å²) in [5.74, 6) is 1.10. The summed E-state index contributed by atoms with van der Waals surface area (Å²) in [6.45, 7) is 1.46. The van der Waals surface area contributed by atoms with Gasteiger partial charge in [0.05, 0.1) is 5.75 Å². The lowest BCUT2D eigenvalue weighted by Crippen LogP contribution is -2.16. The van der Waals surface area contributed by atoms with E-state index in [1.54, 1.807) is 0 Å². The number of hydrogen-bond donors (Lipinski definition) is 1. The molecule has 0 aromatic rings. The Morgan fingerprint density at radius 3 is 2.00 bits per heavy atom. The molecule has 0 atom stereocenters. The molecule has 7 heavy (non-hydrogen) atoms. The molecule has 0 bridgehead atoms. The number of hydrogen-bond acceptors (Lipinski definition) is 2. The quantitative estimate of drug-likeness (QED) is 0.547. The van der Waals surface area contributed by atoms with E-state index < -0.39 is 10.0 Å². The maximum Gasteiger partial charge on any atom is 0.215 e. The molecule has 3 nitrogen and oxygen atoms in total. The second-order valence-electron chi connectivity index (χ2n) is 0.985. The highest BCUT2D eigenvalue weighted by molar-refractivity contribution is 7.91. The molecule has 0 amide bonds. The summed E-state index contributed by atoms with van der Waals surface area (Å²) in [7, 11) is -1.66. The summed E-state index contributed by atoms with van der Waals surface area (Å²) in [5, 5.41) is 0. The third-order valence-electron chi connectivity index (χ3n) is 0.595. The van der Waals surface area contributed by atoms with Crippen LogP contribution in [0.25, 0.3) is 0 Å². The summed E-state index contributed by atoms with van der Waals surface area (Å²) in [5.41, 5.74) is 0. The van der Waals surface area contributed by atoms with Crippen molar-refractivity contribution in [2.24, 2.45) is 0 Å². The van der Waals surface area contributed by atoms with Crippen molar-refractivity contribution in [1.82, 2.24) is 4.72 Å². The second kappa shape index (κ2) is 2.28. The van der Waals surface area contributed by atoms with Gasteiger partial charge in [0.15, 0.2) is 0 Å². The molecule has 0 aliphatic rings. The Labute approximate surface area is 43.8 Å². The van der Waals surface area contributed by atoms with Crippen LogP contribution >= 0.6 is 0 Å². The molecule has 0 aromatic heterocycles. The number of rotatable bonds is 2.